The van der Waals surface area contributed by atoms with Crippen molar-refractivity contribution in [2.45, 2.75) is 26.3 Å². The predicted molar refractivity (Wildman–Crippen MR) is 103 cm³/mol. The Bertz CT molecular complexity index is 1030. The number of nitrogens with one attached hydrogen (secondary N) is 1. The number of carbonyl (C=O) groups is 2. The van der Waals surface area contributed by atoms with Crippen molar-refractivity contribution in [3.8, 4) is 0 Å². The largest absolute Gasteiger partial charge is 0.465 e. The third kappa shape index (κ3) is 3.67. The second kappa shape index (κ2) is 6.93. The second-order valence-electron chi connectivity index (χ2n) is 6.33. The number of nitrogens with zero attached hydrogens (tertiary/aromatic N) is 2. The van der Waals surface area contributed by atoms with Crippen LogP contribution in [0.5, 0.6) is 0 Å². The van der Waals surface area contributed by atoms with Gasteiger partial charge < -0.3 is 4.74 Å². The molecule has 1 aromatic carbocycles. The van der Waals surface area contributed by atoms with Crippen LogP contribution in [0, 0.1) is 6.92 Å². The van der Waals surface area contributed by atoms with Crippen LogP contribution in [0.25, 0.3) is 0 Å². The number of anilines is 2. The number of aryl methyl sites for hydroxylation is 1. The zero-order chi connectivity index (χ0) is 19.9. The van der Waals surface area contributed by atoms with Crippen LogP contribution in [-0.4, -0.2) is 44.7 Å². The highest BCUT2D eigenvalue weighted by Gasteiger charge is 2.32. The molecule has 0 aliphatic carbocycles. The first kappa shape index (κ1) is 19.3. The molecule has 10 heteroatoms. The van der Waals surface area contributed by atoms with Gasteiger partial charge in [0.1, 0.15) is 4.88 Å². The standard InChI is InChI=1S/C17H19N3O5S2/c1-9-7-12-8-11(5-6-13(12)20(9)27(4,23)24)15(21)19-17-18-10(2)14(26-17)16(22)25-3/h5-6,8-9H,7H2,1-4H3,(H,18,19,21). The van der Waals surface area contributed by atoms with E-state index in [1.54, 1.807) is 25.1 Å². The Morgan fingerprint density at radius 3 is 2.70 bits per heavy atom. The number of benzene rings is 1. The number of rotatable bonds is 4. The van der Waals surface area contributed by atoms with E-state index in [-0.39, 0.29) is 11.9 Å². The number of aromatic nitrogens is 1. The molecule has 3 rings (SSSR count). The third-order valence-electron chi connectivity index (χ3n) is 4.24. The number of thiazole rings is 1. The summed E-state index contributed by atoms with van der Waals surface area (Å²) in [5, 5.41) is 2.97. The van der Waals surface area contributed by atoms with Crippen molar-refractivity contribution in [2.24, 2.45) is 0 Å². The number of amides is 1. The number of hydrogen-bond donors (Lipinski definition) is 1. The van der Waals surface area contributed by atoms with Gasteiger partial charge in [-0.05, 0) is 44.0 Å². The van der Waals surface area contributed by atoms with E-state index in [1.165, 1.54) is 17.7 Å². The zero-order valence-corrected chi connectivity index (χ0v) is 16.9. The molecule has 1 aromatic heterocycles. The first-order valence-electron chi connectivity index (χ1n) is 8.11. The molecular formula is C17H19N3O5S2. The highest BCUT2D eigenvalue weighted by Crippen LogP contribution is 2.35. The van der Waals surface area contributed by atoms with Gasteiger partial charge in [-0.3, -0.25) is 14.4 Å². The van der Waals surface area contributed by atoms with Gasteiger partial charge in [-0.15, -0.1) is 0 Å². The number of sulfonamides is 1. The molecule has 27 heavy (non-hydrogen) atoms. The average Bonchev–Trinajstić information content (AvgIpc) is 3.11. The number of fused-ring (bicyclic) bond motifs is 1. The first-order valence-corrected chi connectivity index (χ1v) is 10.8. The lowest BCUT2D eigenvalue weighted by molar-refractivity contribution is 0.0605. The molecule has 0 saturated carbocycles. The lowest BCUT2D eigenvalue weighted by Crippen LogP contribution is -2.34. The lowest BCUT2D eigenvalue weighted by Gasteiger charge is -2.21. The van der Waals surface area contributed by atoms with Gasteiger partial charge in [0, 0.05) is 11.6 Å². The molecule has 0 radical (unpaired) electrons. The van der Waals surface area contributed by atoms with E-state index >= 15 is 0 Å². The average molecular weight is 409 g/mol. The van der Waals surface area contributed by atoms with Crippen molar-refractivity contribution in [1.82, 2.24) is 4.98 Å². The Morgan fingerprint density at radius 2 is 2.07 bits per heavy atom. The van der Waals surface area contributed by atoms with E-state index in [0.29, 0.717) is 33.4 Å². The summed E-state index contributed by atoms with van der Waals surface area (Å²) in [6.07, 6.45) is 1.70. The van der Waals surface area contributed by atoms with E-state index in [4.69, 9.17) is 0 Å². The highest BCUT2D eigenvalue weighted by atomic mass is 32.2. The first-order chi connectivity index (χ1) is 12.6. The Kier molecular flexibility index (Phi) is 4.96. The molecule has 144 valence electrons. The summed E-state index contributed by atoms with van der Waals surface area (Å²) in [4.78, 5) is 28.7. The Balaban J connectivity index is 1.84. The molecule has 1 unspecified atom stereocenters. The Morgan fingerprint density at radius 1 is 1.37 bits per heavy atom. The minimum absolute atomic E-state index is 0.197. The molecule has 1 atom stereocenters. The number of ether oxygens (including phenoxy) is 1. The molecular weight excluding hydrogens is 390 g/mol. The Hall–Kier alpha value is -2.46. The molecule has 0 spiro atoms. The molecule has 1 aliphatic heterocycles. The molecule has 0 fully saturated rings. The summed E-state index contributed by atoms with van der Waals surface area (Å²) in [7, 11) is -2.10. The van der Waals surface area contributed by atoms with E-state index in [2.05, 4.69) is 15.0 Å². The topological polar surface area (TPSA) is 106 Å². The fourth-order valence-corrected chi connectivity index (χ4v) is 5.29. The zero-order valence-electron chi connectivity index (χ0n) is 15.3. The van der Waals surface area contributed by atoms with Crippen molar-refractivity contribution < 1.29 is 22.7 Å². The van der Waals surface area contributed by atoms with Crippen LogP contribution in [0.1, 0.15) is 38.2 Å². The van der Waals surface area contributed by atoms with Crippen molar-refractivity contribution >= 4 is 44.1 Å². The van der Waals surface area contributed by atoms with Gasteiger partial charge in [0.05, 0.1) is 24.7 Å². The van der Waals surface area contributed by atoms with Crippen LogP contribution in [0.15, 0.2) is 18.2 Å². The third-order valence-corrected chi connectivity index (χ3v) is 6.56. The van der Waals surface area contributed by atoms with Crippen LogP contribution in [0.2, 0.25) is 0 Å². The monoisotopic (exact) mass is 409 g/mol. The van der Waals surface area contributed by atoms with Crippen LogP contribution in [-0.2, 0) is 21.2 Å². The van der Waals surface area contributed by atoms with Crippen molar-refractivity contribution in [2.75, 3.05) is 23.0 Å². The molecule has 1 aliphatic rings. The molecule has 2 aromatic rings. The predicted octanol–water partition coefficient (Wildman–Crippen LogP) is 2.20. The summed E-state index contributed by atoms with van der Waals surface area (Å²) in [5.74, 6) is -0.883. The van der Waals surface area contributed by atoms with Crippen molar-refractivity contribution in [1.29, 1.82) is 0 Å². The molecule has 1 amide bonds. The van der Waals surface area contributed by atoms with Gasteiger partial charge >= 0.3 is 5.97 Å². The number of carbonyl (C=O) groups excluding carboxylic acids is 2. The number of methoxy groups -OCH3 is 1. The normalized spacial score (nSPS) is 16.1. The second-order valence-corrected chi connectivity index (χ2v) is 9.19. The van der Waals surface area contributed by atoms with Gasteiger partial charge in [-0.2, -0.15) is 0 Å². The minimum atomic E-state index is -3.38. The van der Waals surface area contributed by atoms with Gasteiger partial charge in [-0.1, -0.05) is 11.3 Å². The Labute approximate surface area is 161 Å². The molecule has 1 N–H and O–H groups in total. The number of esters is 1. The van der Waals surface area contributed by atoms with E-state index in [0.717, 1.165) is 16.9 Å². The SMILES string of the molecule is COC(=O)c1sc(NC(=O)c2ccc3c(c2)CC(C)N3S(C)(=O)=O)nc1C. The van der Waals surface area contributed by atoms with Gasteiger partial charge in [0.2, 0.25) is 10.0 Å². The van der Waals surface area contributed by atoms with E-state index in [1.807, 2.05) is 6.92 Å². The highest BCUT2D eigenvalue weighted by molar-refractivity contribution is 7.92. The van der Waals surface area contributed by atoms with Crippen molar-refractivity contribution in [3.63, 3.8) is 0 Å². The van der Waals surface area contributed by atoms with Crippen LogP contribution in [0.3, 0.4) is 0 Å². The molecule has 2 heterocycles. The summed E-state index contributed by atoms with van der Waals surface area (Å²) >= 11 is 1.04. The minimum Gasteiger partial charge on any atom is -0.465 e. The molecule has 8 nitrogen and oxygen atoms in total. The van der Waals surface area contributed by atoms with Crippen molar-refractivity contribution in [3.05, 3.63) is 39.9 Å². The smallest absolute Gasteiger partial charge is 0.350 e. The summed E-state index contributed by atoms with van der Waals surface area (Å²) in [5.41, 5.74) is 2.27. The van der Waals surface area contributed by atoms with Crippen LogP contribution >= 0.6 is 11.3 Å². The van der Waals surface area contributed by atoms with Gasteiger partial charge in [0.15, 0.2) is 5.13 Å². The van der Waals surface area contributed by atoms with Crippen LogP contribution < -0.4 is 9.62 Å². The number of hydrogen-bond acceptors (Lipinski definition) is 7. The van der Waals surface area contributed by atoms with E-state index < -0.39 is 16.0 Å². The maximum atomic E-state index is 12.5. The molecule has 0 bridgehead atoms. The summed E-state index contributed by atoms with van der Waals surface area (Å²) < 4.78 is 30.0. The van der Waals surface area contributed by atoms with Gasteiger partial charge in [0.25, 0.3) is 5.91 Å². The van der Waals surface area contributed by atoms with Gasteiger partial charge in [-0.25, -0.2) is 18.2 Å². The quantitative estimate of drug-likeness (QED) is 0.776. The molecule has 0 saturated heterocycles. The fraction of sp³-hybridized carbons (Fsp3) is 0.353. The maximum absolute atomic E-state index is 12.5. The fourth-order valence-electron chi connectivity index (χ4n) is 3.15. The van der Waals surface area contributed by atoms with Crippen LogP contribution in [0.4, 0.5) is 10.8 Å². The summed E-state index contributed by atoms with van der Waals surface area (Å²) in [6.45, 7) is 3.49. The lowest BCUT2D eigenvalue weighted by atomic mass is 10.1. The van der Waals surface area contributed by atoms with E-state index in [9.17, 15) is 18.0 Å². The maximum Gasteiger partial charge on any atom is 0.350 e. The summed E-state index contributed by atoms with van der Waals surface area (Å²) in [6, 6.07) is 4.71.